The van der Waals surface area contributed by atoms with Gasteiger partial charge in [-0.15, -0.1) is 0 Å². The third-order valence-corrected chi connectivity index (χ3v) is 2.02. The molecular formula is C10H14N2O3. The SMILES string of the molecule is COc1ccc([C@H](O)C(=N)N)cc1OC. The zero-order valence-corrected chi connectivity index (χ0v) is 8.65. The molecule has 82 valence electrons. The van der Waals surface area contributed by atoms with Crippen LogP contribution in [0.3, 0.4) is 0 Å². The van der Waals surface area contributed by atoms with E-state index in [0.717, 1.165) is 0 Å². The lowest BCUT2D eigenvalue weighted by Crippen LogP contribution is -2.20. The van der Waals surface area contributed by atoms with Crippen molar-refractivity contribution in [2.24, 2.45) is 5.73 Å². The molecule has 1 aromatic carbocycles. The molecule has 0 unspecified atom stereocenters. The first-order valence-corrected chi connectivity index (χ1v) is 4.34. The van der Waals surface area contributed by atoms with E-state index in [-0.39, 0.29) is 5.84 Å². The first-order valence-electron chi connectivity index (χ1n) is 4.34. The molecule has 1 aromatic rings. The van der Waals surface area contributed by atoms with Gasteiger partial charge in [0.15, 0.2) is 11.5 Å². The highest BCUT2D eigenvalue weighted by Crippen LogP contribution is 2.29. The number of rotatable bonds is 4. The first-order chi connectivity index (χ1) is 7.10. The minimum atomic E-state index is -1.11. The van der Waals surface area contributed by atoms with Crippen molar-refractivity contribution in [2.75, 3.05) is 14.2 Å². The Morgan fingerprint density at radius 2 is 1.93 bits per heavy atom. The Hall–Kier alpha value is -1.75. The Kier molecular flexibility index (Phi) is 3.51. The maximum Gasteiger partial charge on any atom is 0.161 e. The number of methoxy groups -OCH3 is 2. The van der Waals surface area contributed by atoms with Gasteiger partial charge in [-0.05, 0) is 17.7 Å². The van der Waals surface area contributed by atoms with Crippen LogP contribution in [0.15, 0.2) is 18.2 Å². The zero-order chi connectivity index (χ0) is 11.4. The third-order valence-electron chi connectivity index (χ3n) is 2.02. The fourth-order valence-corrected chi connectivity index (χ4v) is 1.20. The maximum atomic E-state index is 9.54. The van der Waals surface area contributed by atoms with Crippen LogP contribution in [0, 0.1) is 5.41 Å². The van der Waals surface area contributed by atoms with E-state index in [0.29, 0.717) is 17.1 Å². The van der Waals surface area contributed by atoms with Crippen molar-refractivity contribution in [3.05, 3.63) is 23.8 Å². The van der Waals surface area contributed by atoms with Crippen molar-refractivity contribution in [3.63, 3.8) is 0 Å². The van der Waals surface area contributed by atoms with Gasteiger partial charge in [0.2, 0.25) is 0 Å². The standard InChI is InChI=1S/C10H14N2O3/c1-14-7-4-3-6(5-8(7)15-2)9(13)10(11)12/h3-5,9,13H,1-2H3,(H3,11,12)/t9-/m0/s1. The minimum absolute atomic E-state index is 0.304. The number of benzene rings is 1. The van der Waals surface area contributed by atoms with Crippen molar-refractivity contribution in [2.45, 2.75) is 6.10 Å². The lowest BCUT2D eigenvalue weighted by atomic mass is 10.1. The first kappa shape index (κ1) is 11.3. The number of aliphatic hydroxyl groups excluding tert-OH is 1. The number of hydrogen-bond donors (Lipinski definition) is 3. The van der Waals surface area contributed by atoms with Gasteiger partial charge >= 0.3 is 0 Å². The smallest absolute Gasteiger partial charge is 0.161 e. The number of aliphatic hydroxyl groups is 1. The molecule has 15 heavy (non-hydrogen) atoms. The van der Waals surface area contributed by atoms with Crippen molar-refractivity contribution in [1.29, 1.82) is 5.41 Å². The average molecular weight is 210 g/mol. The van der Waals surface area contributed by atoms with Crippen LogP contribution in [0.25, 0.3) is 0 Å². The molecule has 0 radical (unpaired) electrons. The molecule has 1 rings (SSSR count). The molecule has 4 N–H and O–H groups in total. The molecule has 0 bridgehead atoms. The minimum Gasteiger partial charge on any atom is -0.493 e. The summed E-state index contributed by atoms with van der Waals surface area (Å²) in [6.07, 6.45) is -1.11. The van der Waals surface area contributed by atoms with E-state index in [1.54, 1.807) is 18.2 Å². The highest BCUT2D eigenvalue weighted by atomic mass is 16.5. The number of amidine groups is 1. The summed E-state index contributed by atoms with van der Waals surface area (Å²) >= 11 is 0. The summed E-state index contributed by atoms with van der Waals surface area (Å²) in [6, 6.07) is 4.87. The van der Waals surface area contributed by atoms with E-state index in [2.05, 4.69) is 0 Å². The summed E-state index contributed by atoms with van der Waals surface area (Å²) in [5, 5.41) is 16.7. The monoisotopic (exact) mass is 210 g/mol. The lowest BCUT2D eigenvalue weighted by molar-refractivity contribution is 0.244. The van der Waals surface area contributed by atoms with Crippen LogP contribution < -0.4 is 15.2 Å². The summed E-state index contributed by atoms with van der Waals surface area (Å²) in [5.74, 6) is 0.759. The average Bonchev–Trinajstić information content (AvgIpc) is 2.26. The van der Waals surface area contributed by atoms with Gasteiger partial charge in [-0.2, -0.15) is 0 Å². The highest BCUT2D eigenvalue weighted by molar-refractivity contribution is 5.83. The van der Waals surface area contributed by atoms with Crippen LogP contribution in [0.4, 0.5) is 0 Å². The predicted octanol–water partition coefficient (Wildman–Crippen LogP) is 0.673. The fourth-order valence-electron chi connectivity index (χ4n) is 1.20. The van der Waals surface area contributed by atoms with Crippen LogP contribution in [0.2, 0.25) is 0 Å². The second-order valence-corrected chi connectivity index (χ2v) is 2.97. The van der Waals surface area contributed by atoms with E-state index >= 15 is 0 Å². The van der Waals surface area contributed by atoms with E-state index in [4.69, 9.17) is 20.6 Å². The summed E-state index contributed by atoms with van der Waals surface area (Å²) < 4.78 is 10.1. The molecule has 0 spiro atoms. The number of nitrogens with one attached hydrogen (secondary N) is 1. The largest absolute Gasteiger partial charge is 0.493 e. The topological polar surface area (TPSA) is 88.6 Å². The molecule has 5 nitrogen and oxygen atoms in total. The van der Waals surface area contributed by atoms with Crippen molar-refractivity contribution in [3.8, 4) is 11.5 Å². The van der Waals surface area contributed by atoms with Gasteiger partial charge in [-0.25, -0.2) is 0 Å². The van der Waals surface area contributed by atoms with Gasteiger partial charge in [0, 0.05) is 0 Å². The van der Waals surface area contributed by atoms with Crippen LogP contribution in [-0.4, -0.2) is 25.2 Å². The van der Waals surface area contributed by atoms with Gasteiger partial charge in [0.25, 0.3) is 0 Å². The number of nitrogens with two attached hydrogens (primary N) is 1. The molecule has 0 saturated heterocycles. The van der Waals surface area contributed by atoms with E-state index < -0.39 is 6.10 Å². The molecule has 0 fully saturated rings. The Morgan fingerprint density at radius 3 is 2.40 bits per heavy atom. The van der Waals surface area contributed by atoms with E-state index in [1.165, 1.54) is 14.2 Å². The van der Waals surface area contributed by atoms with Crippen LogP contribution >= 0.6 is 0 Å². The molecule has 1 atom stereocenters. The van der Waals surface area contributed by atoms with Crippen LogP contribution in [0.5, 0.6) is 11.5 Å². The normalized spacial score (nSPS) is 11.9. The van der Waals surface area contributed by atoms with E-state index in [1.807, 2.05) is 0 Å². The Morgan fingerprint density at radius 1 is 1.33 bits per heavy atom. The van der Waals surface area contributed by atoms with Gasteiger partial charge in [-0.3, -0.25) is 5.41 Å². The molecule has 0 saturated carbocycles. The molecule has 0 aliphatic carbocycles. The van der Waals surface area contributed by atoms with Gasteiger partial charge in [0.05, 0.1) is 14.2 Å². The van der Waals surface area contributed by atoms with Crippen molar-refractivity contribution < 1.29 is 14.6 Å². The Balaban J connectivity index is 3.07. The Bertz CT molecular complexity index is 366. The predicted molar refractivity (Wildman–Crippen MR) is 56.4 cm³/mol. The number of hydrogen-bond acceptors (Lipinski definition) is 4. The quantitative estimate of drug-likeness (QED) is 0.503. The molecule has 0 aliphatic heterocycles. The fraction of sp³-hybridized carbons (Fsp3) is 0.300. The third kappa shape index (κ3) is 2.38. The summed E-state index contributed by atoms with van der Waals surface area (Å²) in [7, 11) is 3.03. The summed E-state index contributed by atoms with van der Waals surface area (Å²) in [6.45, 7) is 0. The van der Waals surface area contributed by atoms with Crippen molar-refractivity contribution in [1.82, 2.24) is 0 Å². The lowest BCUT2D eigenvalue weighted by Gasteiger charge is -2.12. The highest BCUT2D eigenvalue weighted by Gasteiger charge is 2.13. The second-order valence-electron chi connectivity index (χ2n) is 2.97. The molecule has 0 amide bonds. The molecular weight excluding hydrogens is 196 g/mol. The summed E-state index contributed by atoms with van der Waals surface area (Å²) in [5.41, 5.74) is 5.69. The van der Waals surface area contributed by atoms with Crippen LogP contribution in [-0.2, 0) is 0 Å². The van der Waals surface area contributed by atoms with Gasteiger partial charge < -0.3 is 20.3 Å². The van der Waals surface area contributed by atoms with Crippen molar-refractivity contribution >= 4 is 5.84 Å². The molecule has 5 heteroatoms. The molecule has 0 aromatic heterocycles. The Labute approximate surface area is 87.9 Å². The van der Waals surface area contributed by atoms with Gasteiger partial charge in [-0.1, -0.05) is 6.07 Å². The number of ether oxygens (including phenoxy) is 2. The molecule has 0 heterocycles. The molecule has 0 aliphatic rings. The second kappa shape index (κ2) is 4.65. The van der Waals surface area contributed by atoms with Gasteiger partial charge in [0.1, 0.15) is 11.9 Å². The van der Waals surface area contributed by atoms with E-state index in [9.17, 15) is 5.11 Å². The van der Waals surface area contributed by atoms with Crippen LogP contribution in [0.1, 0.15) is 11.7 Å². The zero-order valence-electron chi connectivity index (χ0n) is 8.65. The summed E-state index contributed by atoms with van der Waals surface area (Å²) in [4.78, 5) is 0. The maximum absolute atomic E-state index is 9.54.